The number of nitrogens with zero attached hydrogens (tertiary/aromatic N) is 1. The fraction of sp³-hybridized carbons (Fsp3) is 0.571. The summed E-state index contributed by atoms with van der Waals surface area (Å²) in [7, 11) is 0. The van der Waals surface area contributed by atoms with Gasteiger partial charge in [-0.2, -0.15) is 13.2 Å². The number of amides is 1. The van der Waals surface area contributed by atoms with Crippen LogP contribution in [0.5, 0.6) is 0 Å². The minimum atomic E-state index is -4.75. The summed E-state index contributed by atoms with van der Waals surface area (Å²) in [4.78, 5) is 14.8. The number of rotatable bonds is 4. The number of aliphatic hydroxyl groups excluding tert-OH is 2. The van der Waals surface area contributed by atoms with E-state index >= 15 is 0 Å². The molecule has 0 aliphatic carbocycles. The van der Waals surface area contributed by atoms with Gasteiger partial charge in [0.05, 0.1) is 5.56 Å². The normalized spacial score (nSPS) is 14.9. The molecule has 0 bridgehead atoms. The first-order valence-corrected chi connectivity index (χ1v) is 7.24. The van der Waals surface area contributed by atoms with Crippen LogP contribution in [0.3, 0.4) is 0 Å². The lowest BCUT2D eigenvalue weighted by Gasteiger charge is -2.22. The van der Waals surface area contributed by atoms with Crippen molar-refractivity contribution in [2.24, 2.45) is 0 Å². The first kappa shape index (κ1) is 20.5. The summed E-state index contributed by atoms with van der Waals surface area (Å²) in [6.07, 6.45) is -7.94. The van der Waals surface area contributed by atoms with Gasteiger partial charge < -0.3 is 20.3 Å². The summed E-state index contributed by atoms with van der Waals surface area (Å²) < 4.78 is 43.2. The minimum Gasteiger partial charge on any atom is -0.444 e. The van der Waals surface area contributed by atoms with Crippen molar-refractivity contribution >= 4 is 17.7 Å². The predicted octanol–water partition coefficient (Wildman–Crippen LogP) is 2.67. The molecular weight excluding hydrogens is 353 g/mol. The van der Waals surface area contributed by atoms with Gasteiger partial charge in [-0.15, -0.1) is 0 Å². The van der Waals surface area contributed by atoms with E-state index < -0.39 is 47.3 Å². The summed E-state index contributed by atoms with van der Waals surface area (Å²) in [5.41, 5.74) is -2.27. The van der Waals surface area contributed by atoms with Crippen molar-refractivity contribution in [3.8, 4) is 0 Å². The Bertz CT molecular complexity index is 590. The Morgan fingerprint density at radius 2 is 1.96 bits per heavy atom. The van der Waals surface area contributed by atoms with Crippen molar-refractivity contribution in [1.82, 2.24) is 10.3 Å². The van der Waals surface area contributed by atoms with Crippen LogP contribution < -0.4 is 5.32 Å². The summed E-state index contributed by atoms with van der Waals surface area (Å²) in [6, 6.07) is 0.594. The fourth-order valence-electron chi connectivity index (χ4n) is 1.66. The molecule has 0 aliphatic rings. The van der Waals surface area contributed by atoms with Crippen LogP contribution >= 0.6 is 11.6 Å². The molecule has 1 aromatic rings. The monoisotopic (exact) mass is 370 g/mol. The second kappa shape index (κ2) is 7.54. The maximum atomic E-state index is 12.8. The lowest BCUT2D eigenvalue weighted by molar-refractivity contribution is -0.137. The zero-order chi connectivity index (χ0) is 18.7. The van der Waals surface area contributed by atoms with Gasteiger partial charge in [0.1, 0.15) is 23.0 Å². The Kier molecular flexibility index (Phi) is 6.43. The summed E-state index contributed by atoms with van der Waals surface area (Å²) in [5.74, 6) is 0. The number of aliphatic hydroxyl groups is 2. The molecule has 0 aliphatic heterocycles. The Hall–Kier alpha value is -1.58. The van der Waals surface area contributed by atoms with Crippen molar-refractivity contribution in [3.05, 3.63) is 28.5 Å². The van der Waals surface area contributed by atoms with E-state index in [-0.39, 0.29) is 5.56 Å². The van der Waals surface area contributed by atoms with Gasteiger partial charge in [0.2, 0.25) is 0 Å². The highest BCUT2D eigenvalue weighted by Gasteiger charge is 2.35. The summed E-state index contributed by atoms with van der Waals surface area (Å²) >= 11 is 5.38. The van der Waals surface area contributed by atoms with Crippen LogP contribution in [0.25, 0.3) is 0 Å². The highest BCUT2D eigenvalue weighted by molar-refractivity contribution is 6.30. The molecular formula is C14H18ClF3N2O4. The zero-order valence-corrected chi connectivity index (χ0v) is 13.9. The molecule has 2 unspecified atom stereocenters. The average molecular weight is 371 g/mol. The molecule has 1 rings (SSSR count). The van der Waals surface area contributed by atoms with Gasteiger partial charge in [-0.3, -0.25) is 0 Å². The Labute approximate surface area is 141 Å². The fourth-order valence-corrected chi connectivity index (χ4v) is 1.87. The summed E-state index contributed by atoms with van der Waals surface area (Å²) in [6.45, 7) is 4.47. The first-order chi connectivity index (χ1) is 10.8. The number of nitrogens with one attached hydrogen (secondary N) is 1. The standard InChI is InChI=1S/C14H18ClF3N2O4/c1-13(2,3)24-12(23)20-6-9(21)10(22)7-4-8(14(16,17)18)11(15)19-5-7/h4-5,9-10,21-22H,6H2,1-3H3,(H,20,23). The lowest BCUT2D eigenvalue weighted by atomic mass is 10.0. The number of alkyl halides is 3. The van der Waals surface area contributed by atoms with Crippen molar-refractivity contribution in [2.75, 3.05) is 6.54 Å². The molecule has 6 nitrogen and oxygen atoms in total. The Balaban J connectivity index is 2.76. The maximum absolute atomic E-state index is 12.8. The molecule has 1 amide bonds. The van der Waals surface area contributed by atoms with E-state index in [1.807, 2.05) is 0 Å². The minimum absolute atomic E-state index is 0.287. The second-order valence-corrected chi connectivity index (χ2v) is 6.36. The highest BCUT2D eigenvalue weighted by atomic mass is 35.5. The SMILES string of the molecule is CC(C)(C)OC(=O)NCC(O)C(O)c1cnc(Cl)c(C(F)(F)F)c1. The number of hydrogen-bond donors (Lipinski definition) is 3. The van der Waals surface area contributed by atoms with Crippen LogP contribution in [0.2, 0.25) is 5.15 Å². The highest BCUT2D eigenvalue weighted by Crippen LogP contribution is 2.35. The third-order valence-electron chi connectivity index (χ3n) is 2.73. The molecule has 24 heavy (non-hydrogen) atoms. The molecule has 10 heteroatoms. The number of pyridine rings is 1. The third kappa shape index (κ3) is 6.14. The molecule has 0 radical (unpaired) electrons. The van der Waals surface area contributed by atoms with Crippen molar-refractivity contribution in [1.29, 1.82) is 0 Å². The number of hydrogen-bond acceptors (Lipinski definition) is 5. The van der Waals surface area contributed by atoms with Crippen molar-refractivity contribution < 1.29 is 32.9 Å². The number of alkyl carbamates (subject to hydrolysis) is 1. The van der Waals surface area contributed by atoms with Crippen molar-refractivity contribution in [3.63, 3.8) is 0 Å². The third-order valence-corrected chi connectivity index (χ3v) is 3.03. The van der Waals surface area contributed by atoms with E-state index in [0.717, 1.165) is 6.20 Å². The molecule has 1 aromatic heterocycles. The first-order valence-electron chi connectivity index (χ1n) is 6.87. The van der Waals surface area contributed by atoms with Gasteiger partial charge in [0.25, 0.3) is 0 Å². The second-order valence-electron chi connectivity index (χ2n) is 6.00. The molecule has 2 atom stereocenters. The van der Waals surface area contributed by atoms with Gasteiger partial charge in [-0.05, 0) is 26.8 Å². The number of aromatic nitrogens is 1. The van der Waals surface area contributed by atoms with E-state index in [4.69, 9.17) is 16.3 Å². The lowest BCUT2D eigenvalue weighted by Crippen LogP contribution is -2.38. The van der Waals surface area contributed by atoms with Crippen molar-refractivity contribution in [2.45, 2.75) is 44.8 Å². The molecule has 3 N–H and O–H groups in total. The Morgan fingerprint density at radius 3 is 2.46 bits per heavy atom. The van der Waals surface area contributed by atoms with Crippen LogP contribution in [0, 0.1) is 0 Å². The number of carbonyl (C=O) groups excluding carboxylic acids is 1. The van der Waals surface area contributed by atoms with E-state index in [2.05, 4.69) is 10.3 Å². The van der Waals surface area contributed by atoms with Crippen LogP contribution in [0.15, 0.2) is 12.3 Å². The van der Waals surface area contributed by atoms with Gasteiger partial charge in [-0.1, -0.05) is 11.6 Å². The zero-order valence-electron chi connectivity index (χ0n) is 13.2. The molecule has 1 heterocycles. The van der Waals surface area contributed by atoms with E-state index in [1.165, 1.54) is 0 Å². The molecule has 0 spiro atoms. The van der Waals surface area contributed by atoms with E-state index in [1.54, 1.807) is 20.8 Å². The van der Waals surface area contributed by atoms with Gasteiger partial charge in [0, 0.05) is 18.3 Å². The maximum Gasteiger partial charge on any atom is 0.419 e. The van der Waals surface area contributed by atoms with E-state index in [0.29, 0.717) is 6.07 Å². The van der Waals surface area contributed by atoms with Gasteiger partial charge in [-0.25, -0.2) is 9.78 Å². The molecule has 0 aromatic carbocycles. The van der Waals surface area contributed by atoms with Crippen LogP contribution in [-0.2, 0) is 10.9 Å². The van der Waals surface area contributed by atoms with Gasteiger partial charge in [0.15, 0.2) is 0 Å². The van der Waals surface area contributed by atoms with Crippen LogP contribution in [0.4, 0.5) is 18.0 Å². The largest absolute Gasteiger partial charge is 0.444 e. The average Bonchev–Trinajstić information content (AvgIpc) is 2.41. The number of halogens is 4. The number of ether oxygens (including phenoxy) is 1. The number of carbonyl (C=O) groups is 1. The van der Waals surface area contributed by atoms with Crippen LogP contribution in [-0.4, -0.2) is 39.5 Å². The smallest absolute Gasteiger partial charge is 0.419 e. The summed E-state index contributed by atoms with van der Waals surface area (Å²) in [5, 5.41) is 21.2. The molecule has 0 fully saturated rings. The van der Waals surface area contributed by atoms with E-state index in [9.17, 15) is 28.2 Å². The predicted molar refractivity (Wildman–Crippen MR) is 79.5 cm³/mol. The molecule has 136 valence electrons. The van der Waals surface area contributed by atoms with Gasteiger partial charge >= 0.3 is 12.3 Å². The molecule has 0 saturated carbocycles. The quantitative estimate of drug-likeness (QED) is 0.709. The Morgan fingerprint density at radius 1 is 1.38 bits per heavy atom. The molecule has 0 saturated heterocycles. The topological polar surface area (TPSA) is 91.7 Å². The van der Waals surface area contributed by atoms with Crippen LogP contribution in [0.1, 0.15) is 38.0 Å².